The van der Waals surface area contributed by atoms with Gasteiger partial charge in [0.2, 0.25) is 0 Å². The molecule has 21 heavy (non-hydrogen) atoms. The number of nitrogens with one attached hydrogen (secondary N) is 1. The molecule has 1 aromatic carbocycles. The van der Waals surface area contributed by atoms with Crippen molar-refractivity contribution >= 4 is 16.2 Å². The molecule has 0 spiro atoms. The monoisotopic (exact) mass is 314 g/mol. The lowest BCUT2D eigenvalue weighted by Gasteiger charge is -2.29. The molecular formula is C13H18N2O5S. The van der Waals surface area contributed by atoms with Gasteiger partial charge in [-0.2, -0.15) is 17.4 Å². The van der Waals surface area contributed by atoms with Crippen LogP contribution in [-0.2, 0) is 28.0 Å². The fourth-order valence-corrected chi connectivity index (χ4v) is 3.36. The van der Waals surface area contributed by atoms with Gasteiger partial charge in [0.1, 0.15) is 0 Å². The lowest BCUT2D eigenvalue weighted by molar-refractivity contribution is -0.155. The molecule has 1 unspecified atom stereocenters. The summed E-state index contributed by atoms with van der Waals surface area (Å²) >= 11 is 0. The van der Waals surface area contributed by atoms with Gasteiger partial charge in [-0.25, -0.2) is 4.79 Å². The molecule has 0 bridgehead atoms. The quantitative estimate of drug-likeness (QED) is 0.692. The van der Waals surface area contributed by atoms with Crippen molar-refractivity contribution in [2.75, 3.05) is 13.1 Å². The largest absolute Gasteiger partial charge is 0.479 e. The summed E-state index contributed by atoms with van der Waals surface area (Å²) in [4.78, 5) is 10.8. The van der Waals surface area contributed by atoms with Crippen LogP contribution < -0.4 is 4.72 Å². The Balaban J connectivity index is 2.07. The summed E-state index contributed by atoms with van der Waals surface area (Å²) in [6.45, 7) is 1.02. The number of carbonyl (C=O) groups is 1. The first kappa shape index (κ1) is 15.9. The number of aliphatic hydroxyl groups is 1. The molecule has 1 aliphatic heterocycles. The second kappa shape index (κ2) is 5.72. The highest BCUT2D eigenvalue weighted by atomic mass is 32.2. The summed E-state index contributed by atoms with van der Waals surface area (Å²) in [6, 6.07) is 7.58. The summed E-state index contributed by atoms with van der Waals surface area (Å²) in [5.41, 5.74) is -0.0959. The summed E-state index contributed by atoms with van der Waals surface area (Å²) < 4.78 is 27.7. The minimum atomic E-state index is -3.83. The molecule has 0 aromatic heterocycles. The summed E-state index contributed by atoms with van der Waals surface area (Å²) in [5, 5.41) is 18.3. The summed E-state index contributed by atoms with van der Waals surface area (Å²) in [5.74, 6) is -1.48. The standard InChI is InChI=1S/C13H18N2O5S/c1-13(18,12(16)17)9-14-21(19,20)15-7-6-10-4-2-3-5-11(10)8-15/h2-5,14,18H,6-9H2,1H3,(H,16,17). The number of fused-ring (bicyclic) bond motifs is 1. The number of hydrogen-bond acceptors (Lipinski definition) is 4. The molecule has 116 valence electrons. The Morgan fingerprint density at radius 3 is 2.62 bits per heavy atom. The van der Waals surface area contributed by atoms with Crippen LogP contribution in [0.25, 0.3) is 0 Å². The molecule has 0 saturated carbocycles. The van der Waals surface area contributed by atoms with Crippen molar-refractivity contribution in [1.29, 1.82) is 0 Å². The van der Waals surface area contributed by atoms with Crippen molar-refractivity contribution in [1.82, 2.24) is 9.03 Å². The maximum absolute atomic E-state index is 12.2. The topological polar surface area (TPSA) is 107 Å². The Kier molecular flexibility index (Phi) is 4.33. The van der Waals surface area contributed by atoms with E-state index in [2.05, 4.69) is 4.72 Å². The Hall–Kier alpha value is -1.48. The first-order chi connectivity index (χ1) is 9.72. The van der Waals surface area contributed by atoms with Crippen molar-refractivity contribution < 1.29 is 23.4 Å². The van der Waals surface area contributed by atoms with Gasteiger partial charge in [-0.3, -0.25) is 0 Å². The molecule has 0 amide bonds. The minimum Gasteiger partial charge on any atom is -0.479 e. The molecule has 2 rings (SSSR count). The van der Waals surface area contributed by atoms with E-state index in [0.29, 0.717) is 13.0 Å². The van der Waals surface area contributed by atoms with E-state index >= 15 is 0 Å². The first-order valence-corrected chi connectivity index (χ1v) is 7.94. The fourth-order valence-electron chi connectivity index (χ4n) is 2.07. The average molecular weight is 314 g/mol. The molecule has 0 fully saturated rings. The molecule has 0 saturated heterocycles. The molecule has 0 radical (unpaired) electrons. The maximum Gasteiger partial charge on any atom is 0.336 e. The van der Waals surface area contributed by atoms with Gasteiger partial charge in [0.15, 0.2) is 5.60 Å². The van der Waals surface area contributed by atoms with Crippen LogP contribution in [0, 0.1) is 0 Å². The Bertz CT molecular complexity index is 642. The fraction of sp³-hybridized carbons (Fsp3) is 0.462. The van der Waals surface area contributed by atoms with Crippen molar-refractivity contribution in [3.63, 3.8) is 0 Å². The van der Waals surface area contributed by atoms with Crippen molar-refractivity contribution in [3.05, 3.63) is 35.4 Å². The van der Waals surface area contributed by atoms with E-state index in [9.17, 15) is 18.3 Å². The summed E-state index contributed by atoms with van der Waals surface area (Å²) in [7, 11) is -3.83. The number of aliphatic carboxylic acids is 1. The molecule has 3 N–H and O–H groups in total. The number of hydrogen-bond donors (Lipinski definition) is 3. The highest BCUT2D eigenvalue weighted by molar-refractivity contribution is 7.87. The van der Waals surface area contributed by atoms with Gasteiger partial charge in [0.25, 0.3) is 10.2 Å². The van der Waals surface area contributed by atoms with Gasteiger partial charge < -0.3 is 10.2 Å². The van der Waals surface area contributed by atoms with Gasteiger partial charge in [0, 0.05) is 13.1 Å². The normalized spacial score (nSPS) is 18.8. The molecule has 0 aliphatic carbocycles. The van der Waals surface area contributed by atoms with E-state index in [-0.39, 0.29) is 6.54 Å². The molecule has 1 aromatic rings. The van der Waals surface area contributed by atoms with Gasteiger partial charge in [-0.15, -0.1) is 0 Å². The molecule has 7 nitrogen and oxygen atoms in total. The second-order valence-corrected chi connectivity index (χ2v) is 7.01. The minimum absolute atomic E-state index is 0.237. The van der Waals surface area contributed by atoms with E-state index in [1.165, 1.54) is 4.31 Å². The van der Waals surface area contributed by atoms with E-state index in [0.717, 1.165) is 18.1 Å². The molecule has 1 aliphatic rings. The number of carboxylic acid groups (broad SMARTS) is 1. The molecular weight excluding hydrogens is 296 g/mol. The van der Waals surface area contributed by atoms with E-state index < -0.39 is 28.3 Å². The van der Waals surface area contributed by atoms with Crippen molar-refractivity contribution in [2.24, 2.45) is 0 Å². The Morgan fingerprint density at radius 1 is 1.38 bits per heavy atom. The highest BCUT2D eigenvalue weighted by Crippen LogP contribution is 2.20. The Morgan fingerprint density at radius 2 is 2.00 bits per heavy atom. The number of carboxylic acids is 1. The third-order valence-corrected chi connectivity index (χ3v) is 5.00. The van der Waals surface area contributed by atoms with Gasteiger partial charge in [0.05, 0.1) is 6.54 Å². The molecule has 1 heterocycles. The first-order valence-electron chi connectivity index (χ1n) is 6.50. The lowest BCUT2D eigenvalue weighted by atomic mass is 10.0. The third kappa shape index (κ3) is 3.59. The summed E-state index contributed by atoms with van der Waals surface area (Å²) in [6.07, 6.45) is 0.604. The van der Waals surface area contributed by atoms with Crippen LogP contribution in [0.3, 0.4) is 0 Å². The second-order valence-electron chi connectivity index (χ2n) is 5.26. The van der Waals surface area contributed by atoms with Crippen LogP contribution in [0.15, 0.2) is 24.3 Å². The van der Waals surface area contributed by atoms with Gasteiger partial charge in [-0.1, -0.05) is 24.3 Å². The average Bonchev–Trinajstić information content (AvgIpc) is 2.45. The predicted molar refractivity (Wildman–Crippen MR) is 75.7 cm³/mol. The zero-order valence-electron chi connectivity index (χ0n) is 11.6. The van der Waals surface area contributed by atoms with E-state index in [1.54, 1.807) is 0 Å². The lowest BCUT2D eigenvalue weighted by Crippen LogP contribution is -2.51. The number of nitrogens with zero attached hydrogens (tertiary/aromatic N) is 1. The van der Waals surface area contributed by atoms with Crippen LogP contribution in [0.5, 0.6) is 0 Å². The van der Waals surface area contributed by atoms with Crippen molar-refractivity contribution in [3.8, 4) is 0 Å². The predicted octanol–water partition coefficient (Wildman–Crippen LogP) is -0.285. The van der Waals surface area contributed by atoms with Crippen LogP contribution in [0.1, 0.15) is 18.1 Å². The third-order valence-electron chi connectivity index (χ3n) is 3.50. The van der Waals surface area contributed by atoms with E-state index in [4.69, 9.17) is 5.11 Å². The van der Waals surface area contributed by atoms with Crippen LogP contribution in [0.4, 0.5) is 0 Å². The maximum atomic E-state index is 12.2. The highest BCUT2D eigenvalue weighted by Gasteiger charge is 2.34. The number of benzene rings is 1. The number of rotatable bonds is 5. The zero-order chi connectivity index (χ0) is 15.7. The molecule has 1 atom stereocenters. The van der Waals surface area contributed by atoms with Gasteiger partial charge in [-0.05, 0) is 24.5 Å². The van der Waals surface area contributed by atoms with Crippen LogP contribution in [0.2, 0.25) is 0 Å². The van der Waals surface area contributed by atoms with Gasteiger partial charge >= 0.3 is 5.97 Å². The van der Waals surface area contributed by atoms with E-state index in [1.807, 2.05) is 24.3 Å². The molecule has 8 heteroatoms. The SMILES string of the molecule is CC(O)(CNS(=O)(=O)N1CCc2ccccc2C1)C(=O)O. The van der Waals surface area contributed by atoms with Crippen LogP contribution in [-0.4, -0.2) is 47.6 Å². The van der Waals surface area contributed by atoms with Crippen LogP contribution >= 0.6 is 0 Å². The van der Waals surface area contributed by atoms with Crippen molar-refractivity contribution in [2.45, 2.75) is 25.5 Å². The Labute approximate surface area is 123 Å². The zero-order valence-corrected chi connectivity index (χ0v) is 12.4. The smallest absolute Gasteiger partial charge is 0.336 e.